The molecule has 1 aromatic rings. The lowest BCUT2D eigenvalue weighted by atomic mass is 10.00. The molecule has 0 bridgehead atoms. The van der Waals surface area contributed by atoms with E-state index in [1.165, 1.54) is 0 Å². The van der Waals surface area contributed by atoms with Crippen molar-refractivity contribution in [1.82, 2.24) is 9.97 Å². The Labute approximate surface area is 108 Å². The Kier molecular flexibility index (Phi) is 4.19. The molecule has 100 valence electrons. The van der Waals surface area contributed by atoms with E-state index >= 15 is 0 Å². The highest BCUT2D eigenvalue weighted by atomic mass is 16.5. The van der Waals surface area contributed by atoms with E-state index in [1.807, 2.05) is 20.2 Å². The van der Waals surface area contributed by atoms with E-state index in [0.717, 1.165) is 44.2 Å². The average molecular weight is 251 g/mol. The molecule has 2 rings (SSSR count). The van der Waals surface area contributed by atoms with Gasteiger partial charge in [0.05, 0.1) is 0 Å². The molecular weight excluding hydrogens is 230 g/mol. The molecule has 6 heteroatoms. The average Bonchev–Trinajstić information content (AvgIpc) is 2.39. The summed E-state index contributed by atoms with van der Waals surface area (Å²) in [6.45, 7) is 2.71. The number of nitrogens with one attached hydrogen (secondary N) is 1. The van der Waals surface area contributed by atoms with Crippen molar-refractivity contribution in [3.05, 3.63) is 6.07 Å². The number of rotatable bonds is 4. The largest absolute Gasteiger partial charge is 0.381 e. The SMILES string of the molecule is CNc1cc(N(C)CC2CCOCC2)nc(N)n1. The van der Waals surface area contributed by atoms with Crippen molar-refractivity contribution in [2.24, 2.45) is 5.92 Å². The van der Waals surface area contributed by atoms with Gasteiger partial charge in [0, 0.05) is 39.9 Å². The van der Waals surface area contributed by atoms with Crippen LogP contribution in [0.5, 0.6) is 0 Å². The quantitative estimate of drug-likeness (QED) is 0.830. The summed E-state index contributed by atoms with van der Waals surface area (Å²) in [5.41, 5.74) is 5.70. The number of aromatic nitrogens is 2. The van der Waals surface area contributed by atoms with Gasteiger partial charge in [0.15, 0.2) is 0 Å². The van der Waals surface area contributed by atoms with Gasteiger partial charge in [-0.15, -0.1) is 0 Å². The number of nitrogen functional groups attached to an aromatic ring is 1. The van der Waals surface area contributed by atoms with Gasteiger partial charge in [-0.3, -0.25) is 0 Å². The summed E-state index contributed by atoms with van der Waals surface area (Å²) in [5, 5.41) is 2.99. The maximum Gasteiger partial charge on any atom is 0.223 e. The Bertz CT molecular complexity index is 392. The van der Waals surface area contributed by atoms with Crippen LogP contribution in [0.2, 0.25) is 0 Å². The van der Waals surface area contributed by atoms with E-state index in [2.05, 4.69) is 20.2 Å². The van der Waals surface area contributed by atoms with Crippen molar-refractivity contribution >= 4 is 17.6 Å². The number of anilines is 3. The highest BCUT2D eigenvalue weighted by molar-refractivity contribution is 5.51. The normalized spacial score (nSPS) is 16.6. The van der Waals surface area contributed by atoms with Crippen LogP contribution in [0.1, 0.15) is 12.8 Å². The van der Waals surface area contributed by atoms with Crippen molar-refractivity contribution < 1.29 is 4.74 Å². The van der Waals surface area contributed by atoms with Crippen molar-refractivity contribution in [2.75, 3.05) is 49.8 Å². The summed E-state index contributed by atoms with van der Waals surface area (Å²) in [5.74, 6) is 2.57. The monoisotopic (exact) mass is 251 g/mol. The summed E-state index contributed by atoms with van der Waals surface area (Å²) in [4.78, 5) is 10.5. The van der Waals surface area contributed by atoms with E-state index < -0.39 is 0 Å². The number of hydrogen-bond acceptors (Lipinski definition) is 6. The fourth-order valence-electron chi connectivity index (χ4n) is 2.19. The Morgan fingerprint density at radius 2 is 2.17 bits per heavy atom. The van der Waals surface area contributed by atoms with E-state index in [0.29, 0.717) is 11.9 Å². The smallest absolute Gasteiger partial charge is 0.223 e. The lowest BCUT2D eigenvalue weighted by molar-refractivity contribution is 0.0685. The molecule has 0 amide bonds. The third kappa shape index (κ3) is 3.22. The molecule has 1 fully saturated rings. The molecular formula is C12H21N5O. The van der Waals surface area contributed by atoms with Gasteiger partial charge in [0.2, 0.25) is 5.95 Å². The molecule has 0 aromatic carbocycles. The molecule has 2 heterocycles. The molecule has 0 radical (unpaired) electrons. The molecule has 0 atom stereocenters. The lowest BCUT2D eigenvalue weighted by Gasteiger charge is -2.27. The van der Waals surface area contributed by atoms with Crippen LogP contribution in [0, 0.1) is 5.92 Å². The molecule has 0 aliphatic carbocycles. The second-order valence-corrected chi connectivity index (χ2v) is 4.66. The van der Waals surface area contributed by atoms with Gasteiger partial charge in [0.1, 0.15) is 11.6 Å². The number of ether oxygens (including phenoxy) is 1. The Morgan fingerprint density at radius 3 is 2.83 bits per heavy atom. The molecule has 1 saturated heterocycles. The maximum absolute atomic E-state index is 5.70. The fourth-order valence-corrected chi connectivity index (χ4v) is 2.19. The second-order valence-electron chi connectivity index (χ2n) is 4.66. The number of nitrogens with zero attached hydrogens (tertiary/aromatic N) is 3. The van der Waals surface area contributed by atoms with Crippen molar-refractivity contribution in [3.8, 4) is 0 Å². The fraction of sp³-hybridized carbons (Fsp3) is 0.667. The molecule has 18 heavy (non-hydrogen) atoms. The van der Waals surface area contributed by atoms with Crippen LogP contribution in [0.3, 0.4) is 0 Å². The zero-order valence-corrected chi connectivity index (χ0v) is 11.0. The third-order valence-corrected chi connectivity index (χ3v) is 3.25. The van der Waals surface area contributed by atoms with Gasteiger partial charge < -0.3 is 20.7 Å². The van der Waals surface area contributed by atoms with E-state index in [4.69, 9.17) is 10.5 Å². The lowest BCUT2D eigenvalue weighted by Crippen LogP contribution is -2.30. The Morgan fingerprint density at radius 1 is 1.44 bits per heavy atom. The molecule has 3 N–H and O–H groups in total. The standard InChI is InChI=1S/C12H21N5O/c1-14-10-7-11(16-12(13)15-10)17(2)8-9-3-5-18-6-4-9/h7,9H,3-6,8H2,1-2H3,(H3,13,14,15,16). The summed E-state index contributed by atoms with van der Waals surface area (Å²) < 4.78 is 5.37. The van der Waals surface area contributed by atoms with Gasteiger partial charge in [0.25, 0.3) is 0 Å². The predicted molar refractivity (Wildman–Crippen MR) is 72.8 cm³/mol. The first-order chi connectivity index (χ1) is 8.69. The first-order valence-electron chi connectivity index (χ1n) is 6.30. The van der Waals surface area contributed by atoms with Crippen molar-refractivity contribution in [1.29, 1.82) is 0 Å². The van der Waals surface area contributed by atoms with Crippen LogP contribution >= 0.6 is 0 Å². The van der Waals surface area contributed by atoms with E-state index in [9.17, 15) is 0 Å². The maximum atomic E-state index is 5.70. The van der Waals surface area contributed by atoms with E-state index in [-0.39, 0.29) is 0 Å². The minimum Gasteiger partial charge on any atom is -0.381 e. The van der Waals surface area contributed by atoms with Gasteiger partial charge in [-0.25, -0.2) is 0 Å². The summed E-state index contributed by atoms with van der Waals surface area (Å²) >= 11 is 0. The predicted octanol–water partition coefficient (Wildman–Crippen LogP) is 0.963. The zero-order chi connectivity index (χ0) is 13.0. The van der Waals surface area contributed by atoms with Crippen LogP contribution in [0.25, 0.3) is 0 Å². The summed E-state index contributed by atoms with van der Waals surface area (Å²) in [6.07, 6.45) is 2.23. The molecule has 0 saturated carbocycles. The highest BCUT2D eigenvalue weighted by Gasteiger charge is 2.17. The van der Waals surface area contributed by atoms with Gasteiger partial charge in [-0.1, -0.05) is 0 Å². The van der Waals surface area contributed by atoms with Crippen LogP contribution in [0.15, 0.2) is 6.07 Å². The minimum absolute atomic E-state index is 0.302. The van der Waals surface area contributed by atoms with Gasteiger partial charge in [-0.05, 0) is 18.8 Å². The van der Waals surface area contributed by atoms with Crippen molar-refractivity contribution in [2.45, 2.75) is 12.8 Å². The second kappa shape index (κ2) is 5.86. The van der Waals surface area contributed by atoms with E-state index in [1.54, 1.807) is 0 Å². The minimum atomic E-state index is 0.302. The Balaban J connectivity index is 2.02. The topological polar surface area (TPSA) is 76.3 Å². The van der Waals surface area contributed by atoms with Gasteiger partial charge in [-0.2, -0.15) is 9.97 Å². The molecule has 0 unspecified atom stereocenters. The molecule has 6 nitrogen and oxygen atoms in total. The molecule has 1 aromatic heterocycles. The van der Waals surface area contributed by atoms with Crippen LogP contribution < -0.4 is 16.0 Å². The number of hydrogen-bond donors (Lipinski definition) is 2. The zero-order valence-electron chi connectivity index (χ0n) is 11.0. The number of nitrogens with two attached hydrogens (primary N) is 1. The third-order valence-electron chi connectivity index (χ3n) is 3.25. The molecule has 1 aliphatic heterocycles. The van der Waals surface area contributed by atoms with Crippen LogP contribution in [-0.2, 0) is 4.74 Å². The summed E-state index contributed by atoms with van der Waals surface area (Å²) in [6, 6.07) is 1.91. The van der Waals surface area contributed by atoms with Crippen LogP contribution in [0.4, 0.5) is 17.6 Å². The molecule has 0 spiro atoms. The van der Waals surface area contributed by atoms with Crippen molar-refractivity contribution in [3.63, 3.8) is 0 Å². The highest BCUT2D eigenvalue weighted by Crippen LogP contribution is 2.20. The van der Waals surface area contributed by atoms with Crippen LogP contribution in [-0.4, -0.2) is 43.8 Å². The first-order valence-corrected chi connectivity index (χ1v) is 6.30. The molecule has 1 aliphatic rings. The first kappa shape index (κ1) is 12.9. The van der Waals surface area contributed by atoms with Gasteiger partial charge >= 0.3 is 0 Å². The summed E-state index contributed by atoms with van der Waals surface area (Å²) in [7, 11) is 3.86. The Hall–Kier alpha value is -1.56.